The van der Waals surface area contributed by atoms with Gasteiger partial charge >= 0.3 is 0 Å². The van der Waals surface area contributed by atoms with Crippen LogP contribution in [-0.4, -0.2) is 35.3 Å². The molecule has 112 valence electrons. The molecule has 0 bridgehead atoms. The van der Waals surface area contributed by atoms with Crippen LogP contribution in [0, 0.1) is 0 Å². The number of nitrogens with one attached hydrogen (secondary N) is 2. The molecule has 0 radical (unpaired) electrons. The fourth-order valence-corrected chi connectivity index (χ4v) is 2.34. The number of hydrogen-bond donors (Lipinski definition) is 3. The number of rotatable bonds is 5. The summed E-state index contributed by atoms with van der Waals surface area (Å²) < 4.78 is 0. The highest BCUT2D eigenvalue weighted by molar-refractivity contribution is 5.92. The van der Waals surface area contributed by atoms with Gasteiger partial charge < -0.3 is 15.7 Å². The molecular weight excluding hydrogens is 276 g/mol. The summed E-state index contributed by atoms with van der Waals surface area (Å²) in [7, 11) is 1.89. The topological polar surface area (TPSA) is 70.1 Å². The fraction of sp³-hybridized carbons (Fsp3) is 0.176. The first-order valence-electron chi connectivity index (χ1n) is 7.20. The Morgan fingerprint density at radius 3 is 2.68 bits per heavy atom. The molecule has 0 fully saturated rings. The molecule has 0 aliphatic rings. The number of fused-ring (bicyclic) bond motifs is 1. The third-order valence-corrected chi connectivity index (χ3v) is 3.47. The smallest absolute Gasteiger partial charge is 0.136 e. The van der Waals surface area contributed by atoms with Crippen LogP contribution in [0.3, 0.4) is 0 Å². The van der Waals surface area contributed by atoms with Gasteiger partial charge in [-0.3, -0.25) is 4.98 Å². The van der Waals surface area contributed by atoms with E-state index in [0.29, 0.717) is 6.54 Å². The Labute approximate surface area is 129 Å². The summed E-state index contributed by atoms with van der Waals surface area (Å²) in [6, 6.07) is 13.9. The van der Waals surface area contributed by atoms with Crippen LogP contribution in [-0.2, 0) is 0 Å². The summed E-state index contributed by atoms with van der Waals surface area (Å²) in [5, 5.41) is 16.2. The van der Waals surface area contributed by atoms with Gasteiger partial charge in [-0.05, 0) is 30.3 Å². The third kappa shape index (κ3) is 2.84. The second-order valence-electron chi connectivity index (χ2n) is 4.90. The number of nitrogens with zero attached hydrogens (tertiary/aromatic N) is 2. The molecule has 3 rings (SSSR count). The molecule has 0 aliphatic heterocycles. The SMILES string of the molecule is CNc1ccc(-c2cc3ncccc3c(NCCO)n2)cc1. The summed E-state index contributed by atoms with van der Waals surface area (Å²) in [4.78, 5) is 9.10. The van der Waals surface area contributed by atoms with Crippen molar-refractivity contribution in [2.75, 3.05) is 30.8 Å². The minimum Gasteiger partial charge on any atom is -0.395 e. The van der Waals surface area contributed by atoms with Gasteiger partial charge in [0.05, 0.1) is 17.8 Å². The lowest BCUT2D eigenvalue weighted by atomic mass is 10.1. The first-order valence-corrected chi connectivity index (χ1v) is 7.20. The molecular formula is C17H18N4O. The van der Waals surface area contributed by atoms with Gasteiger partial charge in [-0.2, -0.15) is 0 Å². The zero-order valence-corrected chi connectivity index (χ0v) is 12.4. The maximum Gasteiger partial charge on any atom is 0.136 e. The Kier molecular flexibility index (Phi) is 4.16. The molecule has 0 spiro atoms. The first kappa shape index (κ1) is 14.3. The van der Waals surface area contributed by atoms with Gasteiger partial charge in [0.1, 0.15) is 5.82 Å². The normalized spacial score (nSPS) is 10.6. The molecule has 22 heavy (non-hydrogen) atoms. The van der Waals surface area contributed by atoms with E-state index < -0.39 is 0 Å². The molecule has 1 aromatic carbocycles. The van der Waals surface area contributed by atoms with E-state index in [1.54, 1.807) is 6.20 Å². The van der Waals surface area contributed by atoms with E-state index in [0.717, 1.165) is 33.7 Å². The number of anilines is 2. The summed E-state index contributed by atoms with van der Waals surface area (Å²) in [6.07, 6.45) is 1.77. The molecule has 2 aromatic heterocycles. The summed E-state index contributed by atoms with van der Waals surface area (Å²) in [5.41, 5.74) is 3.82. The van der Waals surface area contributed by atoms with Crippen molar-refractivity contribution in [2.45, 2.75) is 0 Å². The molecule has 3 N–H and O–H groups in total. The Balaban J connectivity index is 2.08. The number of aliphatic hydroxyl groups excluding tert-OH is 1. The van der Waals surface area contributed by atoms with Gasteiger partial charge in [-0.25, -0.2) is 4.98 Å². The predicted molar refractivity (Wildman–Crippen MR) is 90.1 cm³/mol. The van der Waals surface area contributed by atoms with Crippen LogP contribution >= 0.6 is 0 Å². The third-order valence-electron chi connectivity index (χ3n) is 3.47. The van der Waals surface area contributed by atoms with Gasteiger partial charge in [0.2, 0.25) is 0 Å². The molecule has 0 saturated heterocycles. The fourth-order valence-electron chi connectivity index (χ4n) is 2.34. The molecule has 0 unspecified atom stereocenters. The van der Waals surface area contributed by atoms with Crippen molar-refractivity contribution < 1.29 is 5.11 Å². The number of aromatic nitrogens is 2. The van der Waals surface area contributed by atoms with Crippen molar-refractivity contribution >= 4 is 22.4 Å². The van der Waals surface area contributed by atoms with E-state index in [4.69, 9.17) is 5.11 Å². The van der Waals surface area contributed by atoms with Gasteiger partial charge in [0.15, 0.2) is 0 Å². The van der Waals surface area contributed by atoms with Crippen molar-refractivity contribution in [1.82, 2.24) is 9.97 Å². The average molecular weight is 294 g/mol. The quantitative estimate of drug-likeness (QED) is 0.675. The lowest BCUT2D eigenvalue weighted by Gasteiger charge is -2.11. The number of aliphatic hydroxyl groups is 1. The van der Waals surface area contributed by atoms with Crippen molar-refractivity contribution in [3.8, 4) is 11.3 Å². The lowest BCUT2D eigenvalue weighted by molar-refractivity contribution is 0.311. The highest BCUT2D eigenvalue weighted by atomic mass is 16.3. The van der Waals surface area contributed by atoms with Gasteiger partial charge in [-0.15, -0.1) is 0 Å². The van der Waals surface area contributed by atoms with Crippen LogP contribution in [0.2, 0.25) is 0 Å². The highest BCUT2D eigenvalue weighted by Gasteiger charge is 2.08. The monoisotopic (exact) mass is 294 g/mol. The Hall–Kier alpha value is -2.66. The molecule has 3 aromatic rings. The van der Waals surface area contributed by atoms with E-state index in [9.17, 15) is 0 Å². The van der Waals surface area contributed by atoms with E-state index in [1.165, 1.54) is 0 Å². The summed E-state index contributed by atoms with van der Waals surface area (Å²) >= 11 is 0. The van der Waals surface area contributed by atoms with Crippen molar-refractivity contribution in [1.29, 1.82) is 0 Å². The maximum absolute atomic E-state index is 9.03. The van der Waals surface area contributed by atoms with E-state index >= 15 is 0 Å². The summed E-state index contributed by atoms with van der Waals surface area (Å²) in [6.45, 7) is 0.518. The van der Waals surface area contributed by atoms with Crippen LogP contribution < -0.4 is 10.6 Å². The van der Waals surface area contributed by atoms with E-state index in [-0.39, 0.29) is 6.61 Å². The largest absolute Gasteiger partial charge is 0.395 e. The van der Waals surface area contributed by atoms with Crippen LogP contribution in [0.25, 0.3) is 22.2 Å². The molecule has 2 heterocycles. The van der Waals surface area contributed by atoms with Crippen LogP contribution in [0.4, 0.5) is 11.5 Å². The Morgan fingerprint density at radius 2 is 1.95 bits per heavy atom. The molecule has 0 amide bonds. The van der Waals surface area contributed by atoms with Crippen LogP contribution in [0.15, 0.2) is 48.7 Å². The minimum absolute atomic E-state index is 0.0600. The Morgan fingerprint density at radius 1 is 1.14 bits per heavy atom. The first-order chi connectivity index (χ1) is 10.8. The maximum atomic E-state index is 9.03. The molecule has 0 atom stereocenters. The van der Waals surface area contributed by atoms with Gasteiger partial charge in [0.25, 0.3) is 0 Å². The number of pyridine rings is 2. The molecule has 0 saturated carbocycles. The predicted octanol–water partition coefficient (Wildman–Crippen LogP) is 2.74. The number of benzene rings is 1. The van der Waals surface area contributed by atoms with Crippen molar-refractivity contribution in [2.24, 2.45) is 0 Å². The zero-order chi connectivity index (χ0) is 15.4. The second kappa shape index (κ2) is 6.41. The summed E-state index contributed by atoms with van der Waals surface area (Å²) in [5.74, 6) is 0.743. The second-order valence-corrected chi connectivity index (χ2v) is 4.90. The average Bonchev–Trinajstić information content (AvgIpc) is 2.59. The van der Waals surface area contributed by atoms with E-state index in [1.807, 2.05) is 49.5 Å². The van der Waals surface area contributed by atoms with Gasteiger partial charge in [-0.1, -0.05) is 12.1 Å². The lowest BCUT2D eigenvalue weighted by Crippen LogP contribution is -2.08. The van der Waals surface area contributed by atoms with Crippen LogP contribution in [0.5, 0.6) is 0 Å². The van der Waals surface area contributed by atoms with Gasteiger partial charge in [0, 0.05) is 36.4 Å². The molecule has 0 aliphatic carbocycles. The molecule has 5 heteroatoms. The van der Waals surface area contributed by atoms with E-state index in [2.05, 4.69) is 20.6 Å². The minimum atomic E-state index is 0.0600. The highest BCUT2D eigenvalue weighted by Crippen LogP contribution is 2.27. The standard InChI is InChI=1S/C17H18N4O/c1-18-13-6-4-12(5-7-13)15-11-16-14(3-2-8-19-16)17(21-15)20-9-10-22/h2-8,11,18,22H,9-10H2,1H3,(H,20,21). The Bertz CT molecular complexity index is 771. The van der Waals surface area contributed by atoms with Crippen molar-refractivity contribution in [3.63, 3.8) is 0 Å². The number of hydrogen-bond acceptors (Lipinski definition) is 5. The van der Waals surface area contributed by atoms with Crippen LogP contribution in [0.1, 0.15) is 0 Å². The zero-order valence-electron chi connectivity index (χ0n) is 12.4. The van der Waals surface area contributed by atoms with Crippen molar-refractivity contribution in [3.05, 3.63) is 48.7 Å². The molecule has 5 nitrogen and oxygen atoms in total.